The number of carbonyl (C=O) groups is 1. The molecule has 0 unspecified atom stereocenters. The fraction of sp³-hybridized carbons (Fsp3) is 0.188. The van der Waals surface area contributed by atoms with Crippen LogP contribution >= 0.6 is 0 Å². The highest BCUT2D eigenvalue weighted by Gasteiger charge is 2.29. The molecule has 1 aromatic heterocycles. The summed E-state index contributed by atoms with van der Waals surface area (Å²) in [5, 5.41) is 5.38. The van der Waals surface area contributed by atoms with Crippen molar-refractivity contribution in [3.05, 3.63) is 54.9 Å². The molecule has 2 aromatic rings. The zero-order chi connectivity index (χ0) is 18.3. The Kier molecular flexibility index (Phi) is 5.93. The van der Waals surface area contributed by atoms with E-state index in [-0.39, 0.29) is 30.8 Å². The lowest BCUT2D eigenvalue weighted by molar-refractivity contribution is -0.137. The summed E-state index contributed by atoms with van der Waals surface area (Å²) in [6.07, 6.45) is -0.427. The van der Waals surface area contributed by atoms with Crippen LogP contribution in [0.25, 0.3) is 0 Å². The maximum absolute atomic E-state index is 12.6. The summed E-state index contributed by atoms with van der Waals surface area (Å²) >= 11 is 0. The number of anilines is 2. The number of halogens is 3. The van der Waals surface area contributed by atoms with Crippen LogP contribution in [-0.4, -0.2) is 29.0 Å². The molecule has 9 heteroatoms. The summed E-state index contributed by atoms with van der Waals surface area (Å²) in [6, 6.07) is 4.49. The molecule has 1 aromatic carbocycles. The Bertz CT molecular complexity index is 733. The average Bonchev–Trinajstić information content (AvgIpc) is 2.59. The van der Waals surface area contributed by atoms with Crippen molar-refractivity contribution < 1.29 is 22.7 Å². The molecule has 132 valence electrons. The maximum atomic E-state index is 12.6. The number of rotatable bonds is 7. The van der Waals surface area contributed by atoms with Crippen molar-refractivity contribution in [2.24, 2.45) is 0 Å². The van der Waals surface area contributed by atoms with Gasteiger partial charge in [0.2, 0.25) is 5.91 Å². The van der Waals surface area contributed by atoms with Gasteiger partial charge in [0.05, 0.1) is 12.1 Å². The second kappa shape index (κ2) is 8.13. The van der Waals surface area contributed by atoms with E-state index >= 15 is 0 Å². The van der Waals surface area contributed by atoms with Gasteiger partial charge in [-0.1, -0.05) is 6.58 Å². The first-order chi connectivity index (χ1) is 11.9. The summed E-state index contributed by atoms with van der Waals surface area (Å²) in [5.74, 6) is 0.0819. The maximum Gasteiger partial charge on any atom is 0.416 e. The molecule has 0 saturated heterocycles. The molecule has 0 fully saturated rings. The lowest BCUT2D eigenvalue weighted by Crippen LogP contribution is -2.26. The molecule has 0 saturated carbocycles. The predicted octanol–water partition coefficient (Wildman–Crippen LogP) is 2.92. The van der Waals surface area contributed by atoms with Gasteiger partial charge in [-0.2, -0.15) is 13.2 Å². The molecule has 6 nitrogen and oxygen atoms in total. The van der Waals surface area contributed by atoms with Crippen molar-refractivity contribution in [3.8, 4) is 5.88 Å². The summed E-state index contributed by atoms with van der Waals surface area (Å²) in [5.41, 5.74) is -0.343. The van der Waals surface area contributed by atoms with E-state index in [1.165, 1.54) is 24.5 Å². The first-order valence-electron chi connectivity index (χ1n) is 7.18. The fourth-order valence-corrected chi connectivity index (χ4v) is 1.79. The zero-order valence-corrected chi connectivity index (χ0v) is 13.0. The smallest absolute Gasteiger partial charge is 0.416 e. The third kappa shape index (κ3) is 5.48. The molecule has 0 aliphatic heterocycles. The first-order valence-corrected chi connectivity index (χ1v) is 7.18. The lowest BCUT2D eigenvalue weighted by Gasteiger charge is -2.12. The third-order valence-electron chi connectivity index (χ3n) is 2.97. The number of hydrogen-bond acceptors (Lipinski definition) is 5. The van der Waals surface area contributed by atoms with Crippen molar-refractivity contribution in [2.75, 3.05) is 18.5 Å². The predicted molar refractivity (Wildman–Crippen MR) is 85.5 cm³/mol. The number of nitrogens with zero attached hydrogens (tertiary/aromatic N) is 2. The Morgan fingerprint density at radius 3 is 2.52 bits per heavy atom. The number of carbonyl (C=O) groups excluding carboxylic acids is 1. The number of amides is 1. The van der Waals surface area contributed by atoms with Gasteiger partial charge in [0.15, 0.2) is 5.82 Å². The van der Waals surface area contributed by atoms with E-state index in [1.807, 2.05) is 0 Å². The highest BCUT2D eigenvalue weighted by atomic mass is 19.4. The Morgan fingerprint density at radius 2 is 1.88 bits per heavy atom. The van der Waals surface area contributed by atoms with Crippen molar-refractivity contribution in [1.82, 2.24) is 15.3 Å². The molecule has 0 aliphatic carbocycles. The van der Waals surface area contributed by atoms with Crippen molar-refractivity contribution in [3.63, 3.8) is 0 Å². The highest BCUT2D eigenvalue weighted by molar-refractivity contribution is 5.86. The third-order valence-corrected chi connectivity index (χ3v) is 2.97. The van der Waals surface area contributed by atoms with Crippen LogP contribution in [0.2, 0.25) is 0 Å². The normalized spacial score (nSPS) is 10.8. The van der Waals surface area contributed by atoms with Gasteiger partial charge >= 0.3 is 6.18 Å². The van der Waals surface area contributed by atoms with Crippen LogP contribution in [-0.2, 0) is 11.0 Å². The van der Waals surface area contributed by atoms with Crippen LogP contribution in [0.3, 0.4) is 0 Å². The number of ether oxygens (including phenoxy) is 1. The number of alkyl halides is 3. The van der Waals surface area contributed by atoms with Gasteiger partial charge in [0.1, 0.15) is 6.61 Å². The Morgan fingerprint density at radius 1 is 1.20 bits per heavy atom. The zero-order valence-electron chi connectivity index (χ0n) is 13.0. The first kappa shape index (κ1) is 18.2. The quantitative estimate of drug-likeness (QED) is 0.592. The van der Waals surface area contributed by atoms with E-state index < -0.39 is 11.7 Å². The monoisotopic (exact) mass is 352 g/mol. The summed E-state index contributed by atoms with van der Waals surface area (Å²) < 4.78 is 43.1. The van der Waals surface area contributed by atoms with E-state index in [0.717, 1.165) is 18.2 Å². The minimum atomic E-state index is -4.39. The van der Waals surface area contributed by atoms with E-state index in [0.29, 0.717) is 5.69 Å². The van der Waals surface area contributed by atoms with Crippen molar-refractivity contribution in [1.29, 1.82) is 0 Å². The van der Waals surface area contributed by atoms with Crippen LogP contribution in [0.5, 0.6) is 5.88 Å². The molecule has 0 atom stereocenters. The molecule has 2 N–H and O–H groups in total. The number of hydrogen-bond donors (Lipinski definition) is 2. The van der Waals surface area contributed by atoms with Crippen LogP contribution in [0.1, 0.15) is 5.56 Å². The second-order valence-electron chi connectivity index (χ2n) is 4.75. The molecule has 1 amide bonds. The largest absolute Gasteiger partial charge is 0.473 e. The Hall–Kier alpha value is -3.10. The molecular formula is C16H15F3N4O2. The van der Waals surface area contributed by atoms with E-state index in [2.05, 4.69) is 27.2 Å². The lowest BCUT2D eigenvalue weighted by atomic mass is 10.2. The second-order valence-corrected chi connectivity index (χ2v) is 4.75. The van der Waals surface area contributed by atoms with Gasteiger partial charge in [0.25, 0.3) is 5.88 Å². The van der Waals surface area contributed by atoms with E-state index in [1.54, 1.807) is 0 Å². The van der Waals surface area contributed by atoms with Gasteiger partial charge in [-0.15, -0.1) is 0 Å². The van der Waals surface area contributed by atoms with Crippen molar-refractivity contribution >= 4 is 17.4 Å². The highest BCUT2D eigenvalue weighted by Crippen LogP contribution is 2.30. The number of benzene rings is 1. The van der Waals surface area contributed by atoms with Crippen molar-refractivity contribution in [2.45, 2.75) is 6.18 Å². The number of nitrogens with one attached hydrogen (secondary N) is 2. The molecule has 1 heterocycles. The molecule has 2 rings (SSSR count). The number of aromatic nitrogens is 2. The van der Waals surface area contributed by atoms with Crippen LogP contribution in [0.15, 0.2) is 49.3 Å². The standard InChI is InChI=1S/C16H15F3N4O2/c1-2-13(24)20-9-10-25-15-14(21-7-8-22-15)23-12-5-3-11(4-6-12)16(17,18)19/h2-8H,1,9-10H2,(H,20,24)(H,21,23). The van der Waals surface area contributed by atoms with E-state index in [9.17, 15) is 18.0 Å². The minimum absolute atomic E-state index is 0.139. The van der Waals surface area contributed by atoms with Gasteiger partial charge in [-0.05, 0) is 30.3 Å². The van der Waals surface area contributed by atoms with Gasteiger partial charge in [-0.3, -0.25) is 4.79 Å². The molecule has 0 aliphatic rings. The topological polar surface area (TPSA) is 76.1 Å². The summed E-state index contributed by atoms with van der Waals surface area (Å²) in [7, 11) is 0. The minimum Gasteiger partial charge on any atom is -0.473 e. The SMILES string of the molecule is C=CC(=O)NCCOc1nccnc1Nc1ccc(C(F)(F)F)cc1. The van der Waals surface area contributed by atoms with Crippen LogP contribution in [0.4, 0.5) is 24.7 Å². The Labute approximate surface area is 141 Å². The van der Waals surface area contributed by atoms with Gasteiger partial charge < -0.3 is 15.4 Å². The average molecular weight is 352 g/mol. The molecule has 0 radical (unpaired) electrons. The summed E-state index contributed by atoms with van der Waals surface area (Å²) in [6.45, 7) is 3.70. The molecule has 0 bridgehead atoms. The molecule has 0 spiro atoms. The summed E-state index contributed by atoms with van der Waals surface area (Å²) in [4.78, 5) is 19.1. The van der Waals surface area contributed by atoms with Gasteiger partial charge in [0, 0.05) is 18.1 Å². The van der Waals surface area contributed by atoms with Gasteiger partial charge in [-0.25, -0.2) is 9.97 Å². The fourth-order valence-electron chi connectivity index (χ4n) is 1.79. The molecule has 25 heavy (non-hydrogen) atoms. The Balaban J connectivity index is 2.00. The van der Waals surface area contributed by atoms with E-state index in [4.69, 9.17) is 4.74 Å². The van der Waals surface area contributed by atoms with Crippen LogP contribution < -0.4 is 15.4 Å². The van der Waals surface area contributed by atoms with Crippen LogP contribution in [0, 0.1) is 0 Å². The molecular weight excluding hydrogens is 337 g/mol.